The monoisotopic (exact) mass is 454 g/mol. The van der Waals surface area contributed by atoms with Crippen LogP contribution in [0.1, 0.15) is 29.3 Å². The maximum atomic E-state index is 12.8. The molecule has 1 amide bonds. The average Bonchev–Trinajstić information content (AvgIpc) is 3.23. The summed E-state index contributed by atoms with van der Waals surface area (Å²) in [6, 6.07) is 4.58. The van der Waals surface area contributed by atoms with Gasteiger partial charge in [0.25, 0.3) is 0 Å². The Balaban J connectivity index is 1.71. The molecule has 2 heterocycles. The zero-order valence-electron chi connectivity index (χ0n) is 16.7. The molecular weight excluding hydrogens is 433 g/mol. The maximum Gasteiger partial charge on any atom is 0.416 e. The van der Waals surface area contributed by atoms with E-state index in [9.17, 15) is 18.0 Å². The van der Waals surface area contributed by atoms with Gasteiger partial charge in [0.15, 0.2) is 11.0 Å². The van der Waals surface area contributed by atoms with Crippen molar-refractivity contribution in [1.82, 2.24) is 14.8 Å². The first-order chi connectivity index (χ1) is 14.2. The molecule has 2 aromatic heterocycles. The summed E-state index contributed by atoms with van der Waals surface area (Å²) in [6.45, 7) is 6.85. The molecule has 0 aliphatic heterocycles. The number of hydrogen-bond acceptors (Lipinski definition) is 5. The zero-order chi connectivity index (χ0) is 21.9. The molecule has 0 aliphatic carbocycles. The largest absolute Gasteiger partial charge is 0.416 e. The number of nitrogens with one attached hydrogen (secondary N) is 1. The van der Waals surface area contributed by atoms with Gasteiger partial charge in [-0.2, -0.15) is 13.2 Å². The molecule has 0 saturated heterocycles. The third kappa shape index (κ3) is 5.04. The fourth-order valence-electron chi connectivity index (χ4n) is 2.85. The number of hydrogen-bond donors (Lipinski definition) is 1. The van der Waals surface area contributed by atoms with Crippen LogP contribution in [-0.2, 0) is 17.5 Å². The van der Waals surface area contributed by atoms with Crippen molar-refractivity contribution in [2.45, 2.75) is 45.1 Å². The van der Waals surface area contributed by atoms with E-state index in [-0.39, 0.29) is 11.4 Å². The van der Waals surface area contributed by atoms with Crippen molar-refractivity contribution < 1.29 is 18.0 Å². The molecule has 0 aliphatic rings. The number of thiophene rings is 1. The number of carbonyl (C=O) groups excluding carboxylic acids is 1. The Morgan fingerprint density at radius 2 is 2.03 bits per heavy atom. The van der Waals surface area contributed by atoms with Crippen LogP contribution in [0.5, 0.6) is 0 Å². The van der Waals surface area contributed by atoms with E-state index in [0.29, 0.717) is 11.7 Å². The van der Waals surface area contributed by atoms with Crippen LogP contribution in [0.3, 0.4) is 0 Å². The lowest BCUT2D eigenvalue weighted by Gasteiger charge is -2.10. The van der Waals surface area contributed by atoms with Gasteiger partial charge in [-0.05, 0) is 44.0 Å². The van der Waals surface area contributed by atoms with Crippen molar-refractivity contribution in [2.24, 2.45) is 0 Å². The molecular formula is C20H21F3N4OS2. The van der Waals surface area contributed by atoms with E-state index < -0.39 is 17.6 Å². The van der Waals surface area contributed by atoms with Gasteiger partial charge in [0.05, 0.1) is 11.3 Å². The fraction of sp³-hybridized carbons (Fsp3) is 0.350. The zero-order valence-corrected chi connectivity index (χ0v) is 18.3. The third-order valence-corrected chi connectivity index (χ3v) is 6.48. The lowest BCUT2D eigenvalue weighted by atomic mass is 10.1. The van der Waals surface area contributed by atoms with Crippen molar-refractivity contribution in [3.05, 3.63) is 45.6 Å². The van der Waals surface area contributed by atoms with Crippen molar-refractivity contribution in [3.8, 4) is 11.4 Å². The Labute approximate surface area is 180 Å². The molecule has 3 aromatic rings. The van der Waals surface area contributed by atoms with Gasteiger partial charge in [0.1, 0.15) is 0 Å². The predicted octanol–water partition coefficient (Wildman–Crippen LogP) is 5.78. The minimum Gasteiger partial charge on any atom is -0.325 e. The molecule has 0 atom stereocenters. The van der Waals surface area contributed by atoms with Crippen LogP contribution in [-0.4, -0.2) is 26.4 Å². The fourth-order valence-corrected chi connectivity index (χ4v) is 4.48. The van der Waals surface area contributed by atoms with Gasteiger partial charge in [-0.15, -0.1) is 21.5 Å². The number of halogens is 3. The second-order valence-electron chi connectivity index (χ2n) is 6.70. The number of aromatic nitrogens is 3. The smallest absolute Gasteiger partial charge is 0.325 e. The highest BCUT2D eigenvalue weighted by molar-refractivity contribution is 7.99. The SMILES string of the molecule is CCCn1c(SCC(=O)Nc2cccc(C(F)(F)F)c2)nnc1-c1csc(C)c1C. The van der Waals surface area contributed by atoms with Crippen LogP contribution in [0.4, 0.5) is 18.9 Å². The Kier molecular flexibility index (Phi) is 6.87. The van der Waals surface area contributed by atoms with Gasteiger partial charge in [-0.3, -0.25) is 4.79 Å². The normalized spacial score (nSPS) is 11.7. The van der Waals surface area contributed by atoms with E-state index in [2.05, 4.69) is 27.8 Å². The molecule has 0 fully saturated rings. The third-order valence-electron chi connectivity index (χ3n) is 4.50. The number of aryl methyl sites for hydroxylation is 1. The summed E-state index contributed by atoms with van der Waals surface area (Å²) >= 11 is 2.86. The number of thioether (sulfide) groups is 1. The number of carbonyl (C=O) groups is 1. The first-order valence-corrected chi connectivity index (χ1v) is 11.2. The Morgan fingerprint density at radius 1 is 1.27 bits per heavy atom. The van der Waals surface area contributed by atoms with Gasteiger partial charge in [-0.25, -0.2) is 0 Å². The standard InChI is InChI=1S/C20H21F3N4OS2/c1-4-8-27-18(16-10-29-13(3)12(16)2)25-26-19(27)30-11-17(28)24-15-7-5-6-14(9-15)20(21,22)23/h5-7,9-10H,4,8,11H2,1-3H3,(H,24,28). The molecule has 10 heteroatoms. The van der Waals surface area contributed by atoms with Gasteiger partial charge in [-0.1, -0.05) is 24.8 Å². The van der Waals surface area contributed by atoms with E-state index in [1.807, 2.05) is 18.4 Å². The van der Waals surface area contributed by atoms with Crippen LogP contribution < -0.4 is 5.32 Å². The van der Waals surface area contributed by atoms with Gasteiger partial charge in [0.2, 0.25) is 5.91 Å². The van der Waals surface area contributed by atoms with Crippen LogP contribution in [0.2, 0.25) is 0 Å². The van der Waals surface area contributed by atoms with E-state index in [1.54, 1.807) is 11.3 Å². The van der Waals surface area contributed by atoms with Crippen molar-refractivity contribution in [2.75, 3.05) is 11.1 Å². The number of benzene rings is 1. The molecule has 30 heavy (non-hydrogen) atoms. The molecule has 0 bridgehead atoms. The molecule has 0 saturated carbocycles. The Bertz CT molecular complexity index is 1040. The van der Waals surface area contributed by atoms with E-state index in [1.165, 1.54) is 28.8 Å². The molecule has 3 rings (SSSR count). The second kappa shape index (κ2) is 9.22. The average molecular weight is 455 g/mol. The highest BCUT2D eigenvalue weighted by Gasteiger charge is 2.30. The van der Waals surface area contributed by atoms with E-state index in [4.69, 9.17) is 0 Å². The summed E-state index contributed by atoms with van der Waals surface area (Å²) in [5, 5.41) is 13.7. The van der Waals surface area contributed by atoms with Crippen molar-refractivity contribution in [1.29, 1.82) is 0 Å². The minimum absolute atomic E-state index is 0.0136. The Hall–Kier alpha value is -2.33. The summed E-state index contributed by atoms with van der Waals surface area (Å²) in [4.78, 5) is 13.5. The summed E-state index contributed by atoms with van der Waals surface area (Å²) in [6.07, 6.45) is -3.59. The van der Waals surface area contributed by atoms with Crippen LogP contribution >= 0.6 is 23.1 Å². The number of amides is 1. The second-order valence-corrected chi connectivity index (χ2v) is 8.73. The first-order valence-electron chi connectivity index (χ1n) is 9.29. The first kappa shape index (κ1) is 22.4. The van der Waals surface area contributed by atoms with Crippen molar-refractivity contribution >= 4 is 34.7 Å². The number of anilines is 1. The summed E-state index contributed by atoms with van der Waals surface area (Å²) in [5.41, 5.74) is 1.49. The van der Waals surface area contributed by atoms with Crippen LogP contribution in [0, 0.1) is 13.8 Å². The van der Waals surface area contributed by atoms with Gasteiger partial charge in [0, 0.05) is 28.1 Å². The maximum absolute atomic E-state index is 12.8. The summed E-state index contributed by atoms with van der Waals surface area (Å²) < 4.78 is 40.5. The number of rotatable bonds is 7. The minimum atomic E-state index is -4.46. The lowest BCUT2D eigenvalue weighted by molar-refractivity contribution is -0.137. The lowest BCUT2D eigenvalue weighted by Crippen LogP contribution is -2.15. The van der Waals surface area contributed by atoms with Gasteiger partial charge >= 0.3 is 6.18 Å². The number of nitrogens with zero attached hydrogens (tertiary/aromatic N) is 3. The highest BCUT2D eigenvalue weighted by Crippen LogP contribution is 2.32. The van der Waals surface area contributed by atoms with E-state index >= 15 is 0 Å². The summed E-state index contributed by atoms with van der Waals surface area (Å²) in [5.74, 6) is 0.369. The predicted molar refractivity (Wildman–Crippen MR) is 114 cm³/mol. The van der Waals surface area contributed by atoms with Crippen LogP contribution in [0.25, 0.3) is 11.4 Å². The molecule has 5 nitrogen and oxygen atoms in total. The Morgan fingerprint density at radius 3 is 2.67 bits per heavy atom. The summed E-state index contributed by atoms with van der Waals surface area (Å²) in [7, 11) is 0. The number of alkyl halides is 3. The molecule has 160 valence electrons. The molecule has 1 N–H and O–H groups in total. The molecule has 0 radical (unpaired) electrons. The molecule has 0 unspecified atom stereocenters. The molecule has 0 spiro atoms. The van der Waals surface area contributed by atoms with E-state index in [0.717, 1.165) is 35.5 Å². The highest BCUT2D eigenvalue weighted by atomic mass is 32.2. The van der Waals surface area contributed by atoms with Crippen molar-refractivity contribution in [3.63, 3.8) is 0 Å². The quantitative estimate of drug-likeness (QED) is 0.460. The van der Waals surface area contributed by atoms with Gasteiger partial charge < -0.3 is 9.88 Å². The van der Waals surface area contributed by atoms with Crippen LogP contribution in [0.15, 0.2) is 34.8 Å². The molecule has 1 aromatic carbocycles. The topological polar surface area (TPSA) is 59.8 Å².